The van der Waals surface area contributed by atoms with Crippen LogP contribution in [0.3, 0.4) is 0 Å². The lowest BCUT2D eigenvalue weighted by Crippen LogP contribution is -1.98. The highest BCUT2D eigenvalue weighted by Crippen LogP contribution is 2.29. The van der Waals surface area contributed by atoms with Gasteiger partial charge >= 0.3 is 0 Å². The van der Waals surface area contributed by atoms with Crippen LogP contribution in [0.1, 0.15) is 19.4 Å². The van der Waals surface area contributed by atoms with E-state index in [4.69, 9.17) is 9.47 Å². The van der Waals surface area contributed by atoms with Crippen LogP contribution in [0.4, 0.5) is 0 Å². The van der Waals surface area contributed by atoms with Crippen LogP contribution in [0.25, 0.3) is 10.9 Å². The predicted molar refractivity (Wildman–Crippen MR) is 68.8 cm³/mol. The van der Waals surface area contributed by atoms with Gasteiger partial charge in [-0.05, 0) is 25.0 Å². The fourth-order valence-electron chi connectivity index (χ4n) is 1.95. The van der Waals surface area contributed by atoms with E-state index in [1.165, 1.54) is 5.56 Å². The molecule has 0 unspecified atom stereocenters. The second kappa shape index (κ2) is 5.04. The monoisotopic (exact) mass is 231 g/mol. The molecule has 0 aliphatic carbocycles. The molecule has 3 heteroatoms. The van der Waals surface area contributed by atoms with E-state index in [1.807, 2.05) is 25.1 Å². The van der Waals surface area contributed by atoms with Crippen molar-refractivity contribution < 1.29 is 9.47 Å². The van der Waals surface area contributed by atoms with Gasteiger partial charge in [-0.15, -0.1) is 0 Å². The van der Waals surface area contributed by atoms with Gasteiger partial charge in [-0.2, -0.15) is 0 Å². The van der Waals surface area contributed by atoms with E-state index in [0.717, 1.165) is 23.1 Å². The van der Waals surface area contributed by atoms with Gasteiger partial charge in [-0.25, -0.2) is 4.98 Å². The fourth-order valence-corrected chi connectivity index (χ4v) is 1.95. The van der Waals surface area contributed by atoms with Crippen LogP contribution < -0.4 is 9.47 Å². The number of aromatic nitrogens is 1. The largest absolute Gasteiger partial charge is 0.494 e. The third-order valence-corrected chi connectivity index (χ3v) is 2.76. The number of hydrogen-bond donors (Lipinski definition) is 0. The Hall–Kier alpha value is -1.77. The lowest BCUT2D eigenvalue weighted by Gasteiger charge is -2.10. The number of hydrogen-bond acceptors (Lipinski definition) is 3. The summed E-state index contributed by atoms with van der Waals surface area (Å²) in [6.45, 7) is 4.71. The molecular weight excluding hydrogens is 214 g/mol. The molecule has 0 atom stereocenters. The summed E-state index contributed by atoms with van der Waals surface area (Å²) in [5.74, 6) is 1.46. The highest BCUT2D eigenvalue weighted by Gasteiger charge is 2.09. The lowest BCUT2D eigenvalue weighted by atomic mass is 10.1. The van der Waals surface area contributed by atoms with Crippen molar-refractivity contribution >= 4 is 10.9 Å². The number of rotatable bonds is 4. The van der Waals surface area contributed by atoms with Crippen molar-refractivity contribution in [3.05, 3.63) is 29.8 Å². The molecule has 90 valence electrons. The summed E-state index contributed by atoms with van der Waals surface area (Å²) < 4.78 is 10.8. The van der Waals surface area contributed by atoms with E-state index in [1.54, 1.807) is 7.11 Å². The van der Waals surface area contributed by atoms with Crippen LogP contribution in [0.2, 0.25) is 0 Å². The zero-order chi connectivity index (χ0) is 12.3. The van der Waals surface area contributed by atoms with E-state index < -0.39 is 0 Å². The maximum atomic E-state index is 5.49. The summed E-state index contributed by atoms with van der Waals surface area (Å²) in [5, 5.41) is 1.13. The highest BCUT2D eigenvalue weighted by molar-refractivity contribution is 5.88. The summed E-state index contributed by atoms with van der Waals surface area (Å²) in [6.07, 6.45) is 0.951. The molecule has 0 saturated carbocycles. The number of para-hydroxylation sites is 1. The molecule has 0 fully saturated rings. The van der Waals surface area contributed by atoms with Crippen molar-refractivity contribution in [3.8, 4) is 11.6 Å². The van der Waals surface area contributed by atoms with E-state index >= 15 is 0 Å². The normalized spacial score (nSPS) is 10.5. The van der Waals surface area contributed by atoms with E-state index in [9.17, 15) is 0 Å². The summed E-state index contributed by atoms with van der Waals surface area (Å²) in [5.41, 5.74) is 2.11. The zero-order valence-corrected chi connectivity index (χ0v) is 10.5. The summed E-state index contributed by atoms with van der Waals surface area (Å²) in [7, 11) is 1.66. The SMILES string of the molecule is CCOc1cc(CC)c2cccc(OC)c2n1. The Kier molecular flexibility index (Phi) is 3.47. The molecule has 0 bridgehead atoms. The highest BCUT2D eigenvalue weighted by atomic mass is 16.5. The molecule has 3 nitrogen and oxygen atoms in total. The van der Waals surface area contributed by atoms with Gasteiger partial charge in [0.15, 0.2) is 0 Å². The lowest BCUT2D eigenvalue weighted by molar-refractivity contribution is 0.327. The second-order valence-electron chi connectivity index (χ2n) is 3.76. The molecule has 1 heterocycles. The number of fused-ring (bicyclic) bond motifs is 1. The number of methoxy groups -OCH3 is 1. The van der Waals surface area contributed by atoms with E-state index in [2.05, 4.69) is 18.0 Å². The Morgan fingerprint density at radius 1 is 1.24 bits per heavy atom. The minimum absolute atomic E-state index is 0.622. The molecule has 0 spiro atoms. The van der Waals surface area contributed by atoms with Crippen LogP contribution in [-0.4, -0.2) is 18.7 Å². The zero-order valence-electron chi connectivity index (χ0n) is 10.5. The first-order valence-corrected chi connectivity index (χ1v) is 5.89. The Balaban J connectivity index is 2.68. The van der Waals surface area contributed by atoms with Gasteiger partial charge in [0.1, 0.15) is 11.3 Å². The first-order chi connectivity index (χ1) is 8.30. The molecule has 0 aliphatic heterocycles. The molecule has 0 amide bonds. The predicted octanol–water partition coefficient (Wildman–Crippen LogP) is 3.20. The number of ether oxygens (including phenoxy) is 2. The topological polar surface area (TPSA) is 31.4 Å². The van der Waals surface area contributed by atoms with Gasteiger partial charge < -0.3 is 9.47 Å². The smallest absolute Gasteiger partial charge is 0.214 e. The maximum absolute atomic E-state index is 5.49. The average Bonchev–Trinajstić information content (AvgIpc) is 2.37. The van der Waals surface area contributed by atoms with Gasteiger partial charge in [-0.1, -0.05) is 19.1 Å². The van der Waals surface area contributed by atoms with Gasteiger partial charge in [0, 0.05) is 11.5 Å². The van der Waals surface area contributed by atoms with Gasteiger partial charge in [-0.3, -0.25) is 0 Å². The summed E-state index contributed by atoms with van der Waals surface area (Å²) in [6, 6.07) is 7.98. The Bertz CT molecular complexity index is 523. The molecule has 0 N–H and O–H groups in total. The third kappa shape index (κ3) is 2.18. The molecule has 0 aliphatic rings. The molecule has 1 aromatic heterocycles. The Morgan fingerprint density at radius 3 is 2.71 bits per heavy atom. The Labute approximate surface area is 101 Å². The van der Waals surface area contributed by atoms with E-state index in [-0.39, 0.29) is 0 Å². The van der Waals surface area contributed by atoms with Gasteiger partial charge in [0.25, 0.3) is 0 Å². The van der Waals surface area contributed by atoms with Gasteiger partial charge in [0.2, 0.25) is 5.88 Å². The second-order valence-corrected chi connectivity index (χ2v) is 3.76. The number of benzene rings is 1. The van der Waals surface area contributed by atoms with Crippen molar-refractivity contribution in [2.24, 2.45) is 0 Å². The third-order valence-electron chi connectivity index (χ3n) is 2.76. The maximum Gasteiger partial charge on any atom is 0.214 e. The molecule has 17 heavy (non-hydrogen) atoms. The summed E-state index contributed by atoms with van der Waals surface area (Å²) >= 11 is 0. The average molecular weight is 231 g/mol. The molecular formula is C14H17NO2. The molecule has 1 aromatic carbocycles. The number of nitrogens with zero attached hydrogens (tertiary/aromatic N) is 1. The number of pyridine rings is 1. The molecule has 2 rings (SSSR count). The van der Waals surface area contributed by atoms with Gasteiger partial charge in [0.05, 0.1) is 13.7 Å². The van der Waals surface area contributed by atoms with Crippen molar-refractivity contribution in [1.29, 1.82) is 0 Å². The van der Waals surface area contributed by atoms with Crippen LogP contribution in [0.5, 0.6) is 11.6 Å². The van der Waals surface area contributed by atoms with Crippen LogP contribution >= 0.6 is 0 Å². The standard InChI is InChI=1S/C14H17NO2/c1-4-10-9-13(17-5-2)15-14-11(10)7-6-8-12(14)16-3/h6-9H,4-5H2,1-3H3. The minimum Gasteiger partial charge on any atom is -0.494 e. The summed E-state index contributed by atoms with van der Waals surface area (Å²) in [4.78, 5) is 4.50. The first-order valence-electron chi connectivity index (χ1n) is 5.89. The van der Waals surface area contributed by atoms with Crippen LogP contribution in [0.15, 0.2) is 24.3 Å². The minimum atomic E-state index is 0.622. The fraction of sp³-hybridized carbons (Fsp3) is 0.357. The van der Waals surface area contributed by atoms with Crippen molar-refractivity contribution in [2.75, 3.05) is 13.7 Å². The Morgan fingerprint density at radius 2 is 2.06 bits per heavy atom. The van der Waals surface area contributed by atoms with Crippen molar-refractivity contribution in [1.82, 2.24) is 4.98 Å². The molecule has 0 radical (unpaired) electrons. The van der Waals surface area contributed by atoms with E-state index in [0.29, 0.717) is 12.5 Å². The molecule has 2 aromatic rings. The first kappa shape index (κ1) is 11.7. The quantitative estimate of drug-likeness (QED) is 0.809. The number of aryl methyl sites for hydroxylation is 1. The van der Waals surface area contributed by atoms with Crippen LogP contribution in [-0.2, 0) is 6.42 Å². The van der Waals surface area contributed by atoms with Crippen LogP contribution in [0, 0.1) is 0 Å². The molecule has 0 saturated heterocycles. The van der Waals surface area contributed by atoms with Crippen molar-refractivity contribution in [2.45, 2.75) is 20.3 Å². The van der Waals surface area contributed by atoms with Crippen molar-refractivity contribution in [3.63, 3.8) is 0 Å².